The summed E-state index contributed by atoms with van der Waals surface area (Å²) in [5.74, 6) is 0.413. The van der Waals surface area contributed by atoms with Gasteiger partial charge in [0.25, 0.3) is 0 Å². The molecule has 4 heteroatoms. The van der Waals surface area contributed by atoms with Crippen molar-refractivity contribution in [1.29, 1.82) is 0 Å². The van der Waals surface area contributed by atoms with E-state index in [0.29, 0.717) is 11.3 Å². The van der Waals surface area contributed by atoms with Gasteiger partial charge in [-0.3, -0.25) is 0 Å². The lowest BCUT2D eigenvalue weighted by molar-refractivity contribution is 0.476. The van der Waals surface area contributed by atoms with Crippen LogP contribution in [0.15, 0.2) is 24.4 Å². The number of nitrogen functional groups attached to an aromatic ring is 1. The van der Waals surface area contributed by atoms with Crippen LogP contribution in [0.25, 0.3) is 11.3 Å². The predicted octanol–water partition coefficient (Wildman–Crippen LogP) is 2.05. The third-order valence-corrected chi connectivity index (χ3v) is 2.56. The number of aromatic nitrogens is 2. The van der Waals surface area contributed by atoms with Gasteiger partial charge in [-0.2, -0.15) is 0 Å². The molecule has 0 aliphatic carbocycles. The number of benzene rings is 1. The number of hydrogen-bond acceptors (Lipinski definition) is 4. The van der Waals surface area contributed by atoms with Crippen LogP contribution in [0, 0.1) is 13.8 Å². The molecule has 1 aromatic carbocycles. The summed E-state index contributed by atoms with van der Waals surface area (Å²) in [6.07, 6.45) is 1.58. The highest BCUT2D eigenvalue weighted by molar-refractivity contribution is 5.68. The zero-order valence-electron chi connectivity index (χ0n) is 9.23. The first kappa shape index (κ1) is 10.4. The molecular weight excluding hydrogens is 202 g/mol. The van der Waals surface area contributed by atoms with Crippen molar-refractivity contribution in [2.24, 2.45) is 0 Å². The van der Waals surface area contributed by atoms with Crippen molar-refractivity contribution in [2.45, 2.75) is 13.8 Å². The number of phenols is 1. The molecule has 0 atom stereocenters. The topological polar surface area (TPSA) is 72.0 Å². The molecule has 3 N–H and O–H groups in total. The highest BCUT2D eigenvalue weighted by atomic mass is 16.3. The molecule has 2 rings (SSSR count). The van der Waals surface area contributed by atoms with Crippen LogP contribution in [0.5, 0.6) is 5.75 Å². The quantitative estimate of drug-likeness (QED) is 0.763. The SMILES string of the molecule is Cc1cc(O)c(-c2ccnc(N)n2)cc1C. The average Bonchev–Trinajstić information content (AvgIpc) is 2.23. The van der Waals surface area contributed by atoms with Crippen LogP contribution in [0.4, 0.5) is 5.95 Å². The summed E-state index contributed by atoms with van der Waals surface area (Å²) in [5, 5.41) is 9.86. The second kappa shape index (κ2) is 3.81. The Morgan fingerprint density at radius 2 is 1.88 bits per heavy atom. The van der Waals surface area contributed by atoms with Gasteiger partial charge in [0.05, 0.1) is 5.69 Å². The molecule has 1 heterocycles. The van der Waals surface area contributed by atoms with Crippen molar-refractivity contribution < 1.29 is 5.11 Å². The monoisotopic (exact) mass is 215 g/mol. The molecule has 0 amide bonds. The van der Waals surface area contributed by atoms with Crippen molar-refractivity contribution in [3.05, 3.63) is 35.5 Å². The van der Waals surface area contributed by atoms with Gasteiger partial charge in [-0.15, -0.1) is 0 Å². The highest BCUT2D eigenvalue weighted by Crippen LogP contribution is 2.30. The van der Waals surface area contributed by atoms with Gasteiger partial charge in [0.2, 0.25) is 5.95 Å². The van der Waals surface area contributed by atoms with Crippen LogP contribution in [0.1, 0.15) is 11.1 Å². The number of nitrogens with zero attached hydrogens (tertiary/aromatic N) is 2. The number of phenolic OH excluding ortho intramolecular Hbond substituents is 1. The number of nitrogens with two attached hydrogens (primary N) is 1. The third-order valence-electron chi connectivity index (χ3n) is 2.56. The fraction of sp³-hybridized carbons (Fsp3) is 0.167. The first-order chi connectivity index (χ1) is 7.58. The van der Waals surface area contributed by atoms with E-state index in [0.717, 1.165) is 11.1 Å². The predicted molar refractivity (Wildman–Crippen MR) is 63.0 cm³/mol. The molecular formula is C12H13N3O. The molecule has 0 unspecified atom stereocenters. The fourth-order valence-electron chi connectivity index (χ4n) is 1.53. The smallest absolute Gasteiger partial charge is 0.220 e. The molecule has 1 aromatic heterocycles. The maximum absolute atomic E-state index is 9.86. The normalized spacial score (nSPS) is 10.4. The van der Waals surface area contributed by atoms with Crippen LogP contribution >= 0.6 is 0 Å². The summed E-state index contributed by atoms with van der Waals surface area (Å²) in [6.45, 7) is 3.94. The van der Waals surface area contributed by atoms with Gasteiger partial charge in [-0.05, 0) is 43.2 Å². The van der Waals surface area contributed by atoms with Gasteiger partial charge in [0, 0.05) is 11.8 Å². The van der Waals surface area contributed by atoms with Crippen molar-refractivity contribution in [3.8, 4) is 17.0 Å². The van der Waals surface area contributed by atoms with Gasteiger partial charge < -0.3 is 10.8 Å². The molecule has 0 saturated heterocycles. The van der Waals surface area contributed by atoms with E-state index < -0.39 is 0 Å². The summed E-state index contributed by atoms with van der Waals surface area (Å²) >= 11 is 0. The van der Waals surface area contributed by atoms with Crippen LogP contribution in [-0.2, 0) is 0 Å². The molecule has 2 aromatic rings. The summed E-state index contributed by atoms with van der Waals surface area (Å²) in [5.41, 5.74) is 8.97. The molecule has 0 spiro atoms. The first-order valence-electron chi connectivity index (χ1n) is 4.97. The average molecular weight is 215 g/mol. The molecule has 16 heavy (non-hydrogen) atoms. The van der Waals surface area contributed by atoms with E-state index in [1.54, 1.807) is 18.3 Å². The lowest BCUT2D eigenvalue weighted by Gasteiger charge is -2.08. The Morgan fingerprint density at radius 3 is 2.56 bits per heavy atom. The highest BCUT2D eigenvalue weighted by Gasteiger charge is 2.08. The number of aryl methyl sites for hydroxylation is 2. The Kier molecular flexibility index (Phi) is 2.48. The largest absolute Gasteiger partial charge is 0.507 e. The number of hydrogen-bond donors (Lipinski definition) is 2. The van der Waals surface area contributed by atoms with Crippen LogP contribution in [0.2, 0.25) is 0 Å². The van der Waals surface area contributed by atoms with E-state index in [2.05, 4.69) is 9.97 Å². The van der Waals surface area contributed by atoms with Gasteiger partial charge in [-0.25, -0.2) is 9.97 Å². The standard InChI is InChI=1S/C12H13N3O/c1-7-5-9(11(16)6-8(7)2)10-3-4-14-12(13)15-10/h3-6,16H,1-2H3,(H2,13,14,15). The molecule has 0 aliphatic rings. The zero-order chi connectivity index (χ0) is 11.7. The zero-order valence-corrected chi connectivity index (χ0v) is 9.23. The maximum Gasteiger partial charge on any atom is 0.220 e. The molecule has 4 nitrogen and oxygen atoms in total. The number of rotatable bonds is 1. The van der Waals surface area contributed by atoms with Gasteiger partial charge in [0.1, 0.15) is 5.75 Å². The van der Waals surface area contributed by atoms with Crippen molar-refractivity contribution in [1.82, 2.24) is 9.97 Å². The van der Waals surface area contributed by atoms with Crippen LogP contribution in [0.3, 0.4) is 0 Å². The van der Waals surface area contributed by atoms with E-state index in [1.807, 2.05) is 19.9 Å². The van der Waals surface area contributed by atoms with Gasteiger partial charge in [-0.1, -0.05) is 0 Å². The summed E-state index contributed by atoms with van der Waals surface area (Å²) in [4.78, 5) is 7.90. The Morgan fingerprint density at radius 1 is 1.19 bits per heavy atom. The number of aromatic hydroxyl groups is 1. The second-order valence-corrected chi connectivity index (χ2v) is 3.75. The van der Waals surface area contributed by atoms with E-state index in [4.69, 9.17) is 5.73 Å². The molecule has 0 bridgehead atoms. The van der Waals surface area contributed by atoms with Crippen molar-refractivity contribution in [2.75, 3.05) is 5.73 Å². The lowest BCUT2D eigenvalue weighted by Crippen LogP contribution is -1.95. The van der Waals surface area contributed by atoms with Crippen molar-refractivity contribution in [3.63, 3.8) is 0 Å². The molecule has 0 saturated carbocycles. The summed E-state index contributed by atoms with van der Waals surface area (Å²) in [6, 6.07) is 5.34. The first-order valence-corrected chi connectivity index (χ1v) is 4.97. The molecule has 0 fully saturated rings. The summed E-state index contributed by atoms with van der Waals surface area (Å²) in [7, 11) is 0. The van der Waals surface area contributed by atoms with E-state index in [1.165, 1.54) is 0 Å². The second-order valence-electron chi connectivity index (χ2n) is 3.75. The van der Waals surface area contributed by atoms with Gasteiger partial charge >= 0.3 is 0 Å². The Hall–Kier alpha value is -2.10. The molecule has 0 radical (unpaired) electrons. The van der Waals surface area contributed by atoms with Crippen LogP contribution < -0.4 is 5.73 Å². The van der Waals surface area contributed by atoms with E-state index in [-0.39, 0.29) is 11.7 Å². The minimum atomic E-state index is 0.204. The Bertz CT molecular complexity index is 538. The van der Waals surface area contributed by atoms with Crippen LogP contribution in [-0.4, -0.2) is 15.1 Å². The summed E-state index contributed by atoms with van der Waals surface area (Å²) < 4.78 is 0. The minimum Gasteiger partial charge on any atom is -0.507 e. The Labute approximate surface area is 93.8 Å². The Balaban J connectivity index is 2.60. The maximum atomic E-state index is 9.86. The van der Waals surface area contributed by atoms with Crippen molar-refractivity contribution >= 4 is 5.95 Å². The van der Waals surface area contributed by atoms with E-state index in [9.17, 15) is 5.11 Å². The van der Waals surface area contributed by atoms with Gasteiger partial charge in [0.15, 0.2) is 0 Å². The number of anilines is 1. The molecule has 82 valence electrons. The van der Waals surface area contributed by atoms with E-state index >= 15 is 0 Å². The third kappa shape index (κ3) is 1.82. The minimum absolute atomic E-state index is 0.204. The lowest BCUT2D eigenvalue weighted by atomic mass is 10.0. The molecule has 0 aliphatic heterocycles. The fourth-order valence-corrected chi connectivity index (χ4v) is 1.53.